The maximum Gasteiger partial charge on any atom is 0.213 e. The molecule has 15 heavy (non-hydrogen) atoms. The molecule has 0 radical (unpaired) electrons. The molecule has 0 unspecified atom stereocenters. The molecule has 0 fully saturated rings. The predicted molar refractivity (Wildman–Crippen MR) is 54.5 cm³/mol. The highest BCUT2D eigenvalue weighted by Crippen LogP contribution is 2.21. The highest BCUT2D eigenvalue weighted by atomic mass is 16.5. The molecule has 0 N–H and O–H groups in total. The Morgan fingerprint density at radius 3 is 2.93 bits per heavy atom. The third-order valence-electron chi connectivity index (χ3n) is 2.32. The van der Waals surface area contributed by atoms with Gasteiger partial charge in [0.05, 0.1) is 0 Å². The average Bonchev–Trinajstić information content (AvgIpc) is 2.73. The van der Waals surface area contributed by atoms with E-state index < -0.39 is 0 Å². The molecule has 1 heterocycles. The van der Waals surface area contributed by atoms with Crippen LogP contribution in [0.2, 0.25) is 0 Å². The molecule has 78 valence electrons. The van der Waals surface area contributed by atoms with Crippen molar-refractivity contribution in [2.75, 3.05) is 0 Å². The Hall–Kier alpha value is -1.84. The van der Waals surface area contributed by atoms with Gasteiger partial charge in [-0.05, 0) is 31.0 Å². The molecule has 0 saturated carbocycles. The second kappa shape index (κ2) is 4.13. The SMILES string of the molecule is Cc1cccc(OCc2ncon2)c1C. The number of benzene rings is 1. The monoisotopic (exact) mass is 204 g/mol. The van der Waals surface area contributed by atoms with Crippen molar-refractivity contribution in [3.05, 3.63) is 41.5 Å². The quantitative estimate of drug-likeness (QED) is 0.769. The minimum Gasteiger partial charge on any atom is -0.485 e. The van der Waals surface area contributed by atoms with E-state index in [-0.39, 0.29) is 0 Å². The number of aryl methyl sites for hydroxylation is 1. The first-order chi connectivity index (χ1) is 7.27. The van der Waals surface area contributed by atoms with Crippen molar-refractivity contribution in [2.45, 2.75) is 20.5 Å². The van der Waals surface area contributed by atoms with Crippen molar-refractivity contribution in [2.24, 2.45) is 0 Å². The summed E-state index contributed by atoms with van der Waals surface area (Å²) in [5, 5.41) is 3.67. The maximum atomic E-state index is 5.58. The summed E-state index contributed by atoms with van der Waals surface area (Å²) in [7, 11) is 0. The van der Waals surface area contributed by atoms with E-state index in [1.54, 1.807) is 0 Å². The van der Waals surface area contributed by atoms with Crippen molar-refractivity contribution in [3.8, 4) is 5.75 Å². The minimum atomic E-state index is 0.334. The molecule has 0 aliphatic carbocycles. The number of rotatable bonds is 3. The van der Waals surface area contributed by atoms with E-state index in [1.165, 1.54) is 12.0 Å². The molecule has 1 aromatic heterocycles. The van der Waals surface area contributed by atoms with Crippen LogP contribution in [0.4, 0.5) is 0 Å². The standard InChI is InChI=1S/C11H12N2O2/c1-8-4-3-5-10(9(8)2)14-6-11-12-7-15-13-11/h3-5,7H,6H2,1-2H3. The summed E-state index contributed by atoms with van der Waals surface area (Å²) in [5.41, 5.74) is 2.35. The van der Waals surface area contributed by atoms with Gasteiger partial charge in [0.15, 0.2) is 6.61 Å². The van der Waals surface area contributed by atoms with E-state index in [1.807, 2.05) is 19.1 Å². The summed E-state index contributed by atoms with van der Waals surface area (Å²) in [6, 6.07) is 5.95. The van der Waals surface area contributed by atoms with Crippen molar-refractivity contribution in [3.63, 3.8) is 0 Å². The summed E-state index contributed by atoms with van der Waals surface area (Å²) >= 11 is 0. The molecule has 0 aliphatic heterocycles. The fourth-order valence-electron chi connectivity index (χ4n) is 1.28. The summed E-state index contributed by atoms with van der Waals surface area (Å²) in [6.07, 6.45) is 1.29. The van der Waals surface area contributed by atoms with Crippen LogP contribution < -0.4 is 4.74 Å². The zero-order valence-corrected chi connectivity index (χ0v) is 8.73. The van der Waals surface area contributed by atoms with Crippen molar-refractivity contribution in [1.82, 2.24) is 10.1 Å². The minimum absolute atomic E-state index is 0.334. The highest BCUT2D eigenvalue weighted by molar-refractivity contribution is 5.38. The fourth-order valence-corrected chi connectivity index (χ4v) is 1.28. The Morgan fingerprint density at radius 2 is 2.20 bits per heavy atom. The van der Waals surface area contributed by atoms with E-state index in [9.17, 15) is 0 Å². The fraction of sp³-hybridized carbons (Fsp3) is 0.273. The zero-order chi connectivity index (χ0) is 10.7. The van der Waals surface area contributed by atoms with Gasteiger partial charge in [-0.3, -0.25) is 0 Å². The van der Waals surface area contributed by atoms with Gasteiger partial charge in [0.2, 0.25) is 12.2 Å². The largest absolute Gasteiger partial charge is 0.485 e. The van der Waals surface area contributed by atoms with Crippen LogP contribution in [0.5, 0.6) is 5.75 Å². The van der Waals surface area contributed by atoms with Crippen molar-refractivity contribution in [1.29, 1.82) is 0 Å². The summed E-state index contributed by atoms with van der Waals surface area (Å²) in [4.78, 5) is 3.88. The van der Waals surface area contributed by atoms with Gasteiger partial charge in [0.25, 0.3) is 0 Å². The molecule has 0 saturated heterocycles. The van der Waals surface area contributed by atoms with Gasteiger partial charge in [-0.15, -0.1) is 0 Å². The molecule has 0 spiro atoms. The molecule has 2 rings (SSSR count). The van der Waals surface area contributed by atoms with Crippen molar-refractivity contribution < 1.29 is 9.26 Å². The Kier molecular flexibility index (Phi) is 2.67. The van der Waals surface area contributed by atoms with Crippen LogP contribution in [-0.4, -0.2) is 10.1 Å². The lowest BCUT2D eigenvalue weighted by Crippen LogP contribution is -1.99. The topological polar surface area (TPSA) is 48.2 Å². The molecule has 4 heteroatoms. The number of hydrogen-bond donors (Lipinski definition) is 0. The van der Waals surface area contributed by atoms with Crippen LogP contribution in [0.25, 0.3) is 0 Å². The maximum absolute atomic E-state index is 5.58. The highest BCUT2D eigenvalue weighted by Gasteiger charge is 2.03. The van der Waals surface area contributed by atoms with Crippen LogP contribution in [0.1, 0.15) is 17.0 Å². The van der Waals surface area contributed by atoms with E-state index in [0.29, 0.717) is 12.4 Å². The van der Waals surface area contributed by atoms with Crippen LogP contribution in [0.3, 0.4) is 0 Å². The Labute approximate surface area is 87.9 Å². The zero-order valence-electron chi connectivity index (χ0n) is 8.73. The van der Waals surface area contributed by atoms with Gasteiger partial charge in [-0.2, -0.15) is 4.98 Å². The Bertz CT molecular complexity index is 438. The number of ether oxygens (including phenoxy) is 1. The summed E-state index contributed by atoms with van der Waals surface area (Å²) < 4.78 is 10.2. The smallest absolute Gasteiger partial charge is 0.213 e. The first-order valence-electron chi connectivity index (χ1n) is 4.71. The predicted octanol–water partition coefficient (Wildman–Crippen LogP) is 2.27. The number of aromatic nitrogens is 2. The van der Waals surface area contributed by atoms with Crippen LogP contribution in [-0.2, 0) is 6.61 Å². The molecule has 4 nitrogen and oxygen atoms in total. The summed E-state index contributed by atoms with van der Waals surface area (Å²) in [6.45, 7) is 4.41. The summed E-state index contributed by atoms with van der Waals surface area (Å²) in [5.74, 6) is 1.41. The lowest BCUT2D eigenvalue weighted by molar-refractivity contribution is 0.284. The van der Waals surface area contributed by atoms with Gasteiger partial charge in [0, 0.05) is 0 Å². The Morgan fingerprint density at radius 1 is 1.33 bits per heavy atom. The normalized spacial score (nSPS) is 10.3. The second-order valence-corrected chi connectivity index (χ2v) is 3.33. The van der Waals surface area contributed by atoms with Crippen LogP contribution >= 0.6 is 0 Å². The molecule has 0 aliphatic rings. The second-order valence-electron chi connectivity index (χ2n) is 3.33. The molecular formula is C11H12N2O2. The van der Waals surface area contributed by atoms with E-state index >= 15 is 0 Å². The third kappa shape index (κ3) is 2.15. The lowest BCUT2D eigenvalue weighted by Gasteiger charge is -2.08. The van der Waals surface area contributed by atoms with E-state index in [2.05, 4.69) is 27.7 Å². The molecule has 1 aromatic carbocycles. The average molecular weight is 204 g/mol. The molecule has 0 amide bonds. The Balaban J connectivity index is 2.08. The number of nitrogens with zero attached hydrogens (tertiary/aromatic N) is 2. The molecule has 0 atom stereocenters. The van der Waals surface area contributed by atoms with Crippen LogP contribution in [0, 0.1) is 13.8 Å². The van der Waals surface area contributed by atoms with Gasteiger partial charge in [0.1, 0.15) is 5.75 Å². The first kappa shape index (κ1) is 9.71. The van der Waals surface area contributed by atoms with Crippen LogP contribution in [0.15, 0.2) is 29.1 Å². The van der Waals surface area contributed by atoms with E-state index in [4.69, 9.17) is 4.74 Å². The van der Waals surface area contributed by atoms with Gasteiger partial charge in [-0.1, -0.05) is 17.3 Å². The van der Waals surface area contributed by atoms with Gasteiger partial charge in [-0.25, -0.2) is 0 Å². The van der Waals surface area contributed by atoms with E-state index in [0.717, 1.165) is 11.3 Å². The number of hydrogen-bond acceptors (Lipinski definition) is 4. The molecular weight excluding hydrogens is 192 g/mol. The van der Waals surface area contributed by atoms with Gasteiger partial charge < -0.3 is 9.26 Å². The third-order valence-corrected chi connectivity index (χ3v) is 2.32. The van der Waals surface area contributed by atoms with Crippen molar-refractivity contribution >= 4 is 0 Å². The lowest BCUT2D eigenvalue weighted by atomic mass is 10.1. The molecule has 2 aromatic rings. The van der Waals surface area contributed by atoms with Gasteiger partial charge >= 0.3 is 0 Å². The first-order valence-corrected chi connectivity index (χ1v) is 4.71. The molecule has 0 bridgehead atoms.